The Morgan fingerprint density at radius 2 is 1.65 bits per heavy atom. The number of nitrogens with one attached hydrogen (secondary N) is 2. The highest BCUT2D eigenvalue weighted by atomic mass is 19.1. The van der Waals surface area contributed by atoms with Crippen molar-refractivity contribution < 1.29 is 28.4 Å². The van der Waals surface area contributed by atoms with Crippen LogP contribution in [0.2, 0.25) is 0 Å². The summed E-state index contributed by atoms with van der Waals surface area (Å²) in [6, 6.07) is 20.9. The molecule has 60 heavy (non-hydrogen) atoms. The van der Waals surface area contributed by atoms with Gasteiger partial charge in [-0.3, -0.25) is 34.2 Å². The van der Waals surface area contributed by atoms with Crippen LogP contribution in [0.5, 0.6) is 0 Å². The fraction of sp³-hybridized carbons (Fsp3) is 0.378. The third-order valence-corrected chi connectivity index (χ3v) is 12.3. The van der Waals surface area contributed by atoms with Crippen LogP contribution in [0.15, 0.2) is 79.0 Å². The minimum atomic E-state index is -0.998. The second-order valence-electron chi connectivity index (χ2n) is 16.1. The van der Waals surface area contributed by atoms with Crippen molar-refractivity contribution in [2.24, 2.45) is 0 Å². The number of piperidine rings is 1. The number of unbranched alkanes of at least 4 members (excludes halogenated alkanes) is 2. The molecule has 1 saturated carbocycles. The zero-order valence-electron chi connectivity index (χ0n) is 33.2. The Morgan fingerprint density at radius 1 is 0.833 bits per heavy atom. The number of nitrogens with zero attached hydrogens (tertiary/aromatic N) is 7. The van der Waals surface area contributed by atoms with Crippen LogP contribution in [0, 0.1) is 5.82 Å². The van der Waals surface area contributed by atoms with Crippen LogP contribution in [0.4, 0.5) is 15.9 Å². The molecule has 5 amide bonds. The van der Waals surface area contributed by atoms with Crippen molar-refractivity contribution in [3.8, 4) is 11.4 Å². The molecular formula is C45H46FN9O5. The number of hydrogen-bond donors (Lipinski definition) is 2. The van der Waals surface area contributed by atoms with Crippen molar-refractivity contribution in [1.29, 1.82) is 0 Å². The highest BCUT2D eigenvalue weighted by molar-refractivity contribution is 6.23. The largest absolute Gasteiger partial charge is 0.385 e. The lowest BCUT2D eigenvalue weighted by atomic mass is 9.86. The molecule has 4 aliphatic rings. The number of aromatic nitrogens is 4. The van der Waals surface area contributed by atoms with Crippen molar-refractivity contribution in [2.45, 2.75) is 75.7 Å². The predicted octanol–water partition coefficient (Wildman–Crippen LogP) is 5.70. The number of anilines is 2. The van der Waals surface area contributed by atoms with Crippen LogP contribution >= 0.6 is 0 Å². The summed E-state index contributed by atoms with van der Waals surface area (Å²) in [5, 5.41) is 10.6. The van der Waals surface area contributed by atoms with Gasteiger partial charge in [0.05, 0.1) is 28.7 Å². The SMILES string of the molecule is O=C1CCC(N2C(=O)c3ccc(NCCCCCC(=O)N4CCN(c5cccc(-c6cnc7ccc(C8CCC[C@@H]8c8cccc(F)c8)nn67)n5)CC4)cc3C2=O)C(=O)N1. The number of imidazole rings is 1. The molecule has 0 radical (unpaired) electrons. The predicted molar refractivity (Wildman–Crippen MR) is 221 cm³/mol. The van der Waals surface area contributed by atoms with Gasteiger partial charge in [0, 0.05) is 57.2 Å². The van der Waals surface area contributed by atoms with Crippen LogP contribution in [0.1, 0.15) is 102 Å². The number of piperazine rings is 1. The lowest BCUT2D eigenvalue weighted by Crippen LogP contribution is -2.54. The molecule has 2 unspecified atom stereocenters. The van der Waals surface area contributed by atoms with Crippen LogP contribution in [-0.4, -0.2) is 97.7 Å². The molecule has 15 heteroatoms. The Hall–Kier alpha value is -6.51. The molecule has 308 valence electrons. The fourth-order valence-electron chi connectivity index (χ4n) is 9.19. The summed E-state index contributed by atoms with van der Waals surface area (Å²) in [5.41, 5.74) is 5.46. The van der Waals surface area contributed by atoms with Gasteiger partial charge in [-0.05, 0) is 98.2 Å². The first-order valence-electron chi connectivity index (χ1n) is 20.9. The molecule has 6 heterocycles. The smallest absolute Gasteiger partial charge is 0.262 e. The van der Waals surface area contributed by atoms with Gasteiger partial charge in [0.25, 0.3) is 11.8 Å². The van der Waals surface area contributed by atoms with Gasteiger partial charge in [-0.2, -0.15) is 5.10 Å². The van der Waals surface area contributed by atoms with E-state index in [0.717, 1.165) is 77.5 Å². The molecular weight excluding hydrogens is 766 g/mol. The van der Waals surface area contributed by atoms with E-state index in [0.29, 0.717) is 44.8 Å². The van der Waals surface area contributed by atoms with E-state index >= 15 is 0 Å². The van der Waals surface area contributed by atoms with E-state index in [1.807, 2.05) is 52.0 Å². The van der Waals surface area contributed by atoms with Crippen LogP contribution in [-0.2, 0) is 14.4 Å². The standard InChI is InChI=1S/C45H46FN9O5/c46-29-8-4-7-28(25-29)31-9-5-10-32(31)35-16-18-39-48-27-38(55(39)51-35)36-11-6-12-40(49-36)52-21-23-53(24-22-52)42(57)13-2-1-3-20-47-30-14-15-33-34(26-30)45(60)54(44(33)59)37-17-19-41(56)50-43(37)58/h4,6-8,11-12,14-16,18,25-27,31-32,37,47H,1-3,5,9-10,13,17,19-24H2,(H,50,56,58)/t31-,32?,37?/m1/s1. The minimum Gasteiger partial charge on any atom is -0.385 e. The van der Waals surface area contributed by atoms with Crippen molar-refractivity contribution in [1.82, 2.24) is 34.7 Å². The maximum atomic E-state index is 14.1. The summed E-state index contributed by atoms with van der Waals surface area (Å²) in [6.45, 7) is 3.19. The quantitative estimate of drug-likeness (QED) is 0.118. The number of amides is 5. The lowest BCUT2D eigenvalue weighted by molar-refractivity contribution is -0.136. The summed E-state index contributed by atoms with van der Waals surface area (Å²) in [5.74, 6) is -0.941. The van der Waals surface area contributed by atoms with Crippen molar-refractivity contribution >= 4 is 46.7 Å². The third-order valence-electron chi connectivity index (χ3n) is 12.3. The van der Waals surface area contributed by atoms with Gasteiger partial charge in [0.1, 0.15) is 23.4 Å². The van der Waals surface area contributed by atoms with Crippen molar-refractivity contribution in [3.05, 3.63) is 107 Å². The highest BCUT2D eigenvalue weighted by Crippen LogP contribution is 2.45. The number of hydrogen-bond acceptors (Lipinski definition) is 10. The summed E-state index contributed by atoms with van der Waals surface area (Å²) in [6.07, 6.45) is 7.92. The second-order valence-corrected chi connectivity index (χ2v) is 16.1. The van der Waals surface area contributed by atoms with Gasteiger partial charge in [0.2, 0.25) is 17.7 Å². The van der Waals surface area contributed by atoms with Crippen LogP contribution in [0.3, 0.4) is 0 Å². The zero-order chi connectivity index (χ0) is 41.3. The molecule has 3 fully saturated rings. The number of benzene rings is 2. The highest BCUT2D eigenvalue weighted by Gasteiger charge is 2.44. The number of imide groups is 2. The van der Waals surface area contributed by atoms with Gasteiger partial charge >= 0.3 is 0 Å². The van der Waals surface area contributed by atoms with Gasteiger partial charge < -0.3 is 15.1 Å². The first-order valence-corrected chi connectivity index (χ1v) is 20.9. The van der Waals surface area contributed by atoms with E-state index in [1.54, 1.807) is 30.3 Å². The Bertz CT molecular complexity index is 2500. The molecule has 2 N–H and O–H groups in total. The molecule has 1 aliphatic carbocycles. The van der Waals surface area contributed by atoms with Crippen molar-refractivity contribution in [2.75, 3.05) is 42.9 Å². The molecule has 5 aromatic rings. The van der Waals surface area contributed by atoms with Gasteiger partial charge in [0.15, 0.2) is 5.65 Å². The van der Waals surface area contributed by atoms with Gasteiger partial charge in [-0.15, -0.1) is 0 Å². The molecule has 9 rings (SSSR count). The molecule has 2 aromatic carbocycles. The molecule has 0 bridgehead atoms. The summed E-state index contributed by atoms with van der Waals surface area (Å²) in [4.78, 5) is 77.9. The maximum absolute atomic E-state index is 14.1. The topological polar surface area (TPSA) is 162 Å². The summed E-state index contributed by atoms with van der Waals surface area (Å²) >= 11 is 0. The van der Waals surface area contributed by atoms with E-state index in [-0.39, 0.29) is 47.5 Å². The fourth-order valence-corrected chi connectivity index (χ4v) is 9.19. The Balaban J connectivity index is 0.739. The Morgan fingerprint density at radius 3 is 2.48 bits per heavy atom. The van der Waals surface area contributed by atoms with E-state index in [4.69, 9.17) is 10.1 Å². The molecule has 0 spiro atoms. The Labute approximate surface area is 346 Å². The van der Waals surface area contributed by atoms with Gasteiger partial charge in [-0.1, -0.05) is 31.0 Å². The number of rotatable bonds is 12. The third kappa shape index (κ3) is 7.71. The zero-order valence-corrected chi connectivity index (χ0v) is 33.2. The monoisotopic (exact) mass is 811 g/mol. The van der Waals surface area contributed by atoms with Crippen LogP contribution < -0.4 is 15.5 Å². The maximum Gasteiger partial charge on any atom is 0.262 e. The second kappa shape index (κ2) is 16.6. The molecule has 3 atom stereocenters. The number of pyridine rings is 1. The molecule has 2 saturated heterocycles. The number of carbonyl (C=O) groups is 5. The molecule has 3 aliphatic heterocycles. The first-order chi connectivity index (χ1) is 29.2. The van der Waals surface area contributed by atoms with Crippen molar-refractivity contribution in [3.63, 3.8) is 0 Å². The van der Waals surface area contributed by atoms with Gasteiger partial charge in [-0.25, -0.2) is 18.9 Å². The van der Waals surface area contributed by atoms with E-state index in [9.17, 15) is 28.4 Å². The average molecular weight is 812 g/mol. The molecule has 14 nitrogen and oxygen atoms in total. The minimum absolute atomic E-state index is 0.0716. The Kier molecular flexibility index (Phi) is 10.8. The van der Waals surface area contributed by atoms with Crippen LogP contribution in [0.25, 0.3) is 17.0 Å². The number of carbonyl (C=O) groups excluding carboxylic acids is 5. The normalized spacial score (nSPS) is 20.6. The molecule has 3 aromatic heterocycles. The lowest BCUT2D eigenvalue weighted by Gasteiger charge is -2.35. The van der Waals surface area contributed by atoms with E-state index in [2.05, 4.69) is 20.5 Å². The van der Waals surface area contributed by atoms with E-state index in [1.165, 1.54) is 6.07 Å². The number of halogens is 1. The average Bonchev–Trinajstić information content (AvgIpc) is 3.99. The summed E-state index contributed by atoms with van der Waals surface area (Å²) < 4.78 is 16.0. The first kappa shape index (κ1) is 39.0. The summed E-state index contributed by atoms with van der Waals surface area (Å²) in [7, 11) is 0. The van der Waals surface area contributed by atoms with E-state index < -0.39 is 29.7 Å². The number of fused-ring (bicyclic) bond motifs is 2.